The second-order valence-electron chi connectivity index (χ2n) is 6.19. The number of nitrogens with one attached hydrogen (secondary N) is 1. The number of nitrogens with zero attached hydrogens (tertiary/aromatic N) is 3. The SMILES string of the molecule is CCc1nn(C)c(CNCC(C)(C)CN(C)C)c1Br. The van der Waals surface area contributed by atoms with Crippen molar-refractivity contribution < 1.29 is 0 Å². The molecule has 0 aliphatic rings. The highest BCUT2D eigenvalue weighted by atomic mass is 79.9. The molecule has 4 nitrogen and oxygen atoms in total. The number of rotatable bonds is 7. The van der Waals surface area contributed by atoms with Gasteiger partial charge < -0.3 is 10.2 Å². The molecular formula is C14H27BrN4. The Balaban J connectivity index is 2.56. The topological polar surface area (TPSA) is 33.1 Å². The minimum Gasteiger partial charge on any atom is -0.311 e. The molecule has 0 fully saturated rings. The molecular weight excluding hydrogens is 304 g/mol. The molecule has 0 saturated heterocycles. The summed E-state index contributed by atoms with van der Waals surface area (Å²) >= 11 is 3.65. The lowest BCUT2D eigenvalue weighted by molar-refractivity contribution is 0.231. The summed E-state index contributed by atoms with van der Waals surface area (Å²) in [5, 5.41) is 8.06. The molecule has 0 radical (unpaired) electrons. The molecule has 1 aromatic heterocycles. The van der Waals surface area contributed by atoms with Crippen molar-refractivity contribution in [2.75, 3.05) is 27.2 Å². The lowest BCUT2D eigenvalue weighted by atomic mass is 9.93. The molecule has 0 bridgehead atoms. The number of hydrogen-bond donors (Lipinski definition) is 1. The van der Waals surface area contributed by atoms with E-state index in [4.69, 9.17) is 0 Å². The zero-order valence-electron chi connectivity index (χ0n) is 13.0. The summed E-state index contributed by atoms with van der Waals surface area (Å²) in [4.78, 5) is 2.23. The van der Waals surface area contributed by atoms with Gasteiger partial charge in [-0.3, -0.25) is 4.68 Å². The summed E-state index contributed by atoms with van der Waals surface area (Å²) in [5.41, 5.74) is 2.62. The Labute approximate surface area is 125 Å². The fourth-order valence-corrected chi connectivity index (χ4v) is 3.20. The van der Waals surface area contributed by atoms with Gasteiger partial charge in [-0.1, -0.05) is 20.8 Å². The van der Waals surface area contributed by atoms with Gasteiger partial charge >= 0.3 is 0 Å². The molecule has 0 atom stereocenters. The van der Waals surface area contributed by atoms with E-state index in [0.717, 1.165) is 36.2 Å². The minimum atomic E-state index is 0.266. The van der Waals surface area contributed by atoms with Crippen LogP contribution in [0.5, 0.6) is 0 Å². The maximum atomic E-state index is 4.51. The molecule has 0 aliphatic carbocycles. The zero-order valence-corrected chi connectivity index (χ0v) is 14.6. The van der Waals surface area contributed by atoms with E-state index in [-0.39, 0.29) is 5.41 Å². The van der Waals surface area contributed by atoms with Crippen molar-refractivity contribution in [1.82, 2.24) is 20.0 Å². The van der Waals surface area contributed by atoms with Crippen LogP contribution in [0.3, 0.4) is 0 Å². The Morgan fingerprint density at radius 1 is 1.37 bits per heavy atom. The highest BCUT2D eigenvalue weighted by Gasteiger charge is 2.19. The molecule has 0 aromatic carbocycles. The van der Waals surface area contributed by atoms with Crippen LogP contribution in [-0.2, 0) is 20.0 Å². The number of aromatic nitrogens is 2. The largest absolute Gasteiger partial charge is 0.311 e. The first-order valence-corrected chi connectivity index (χ1v) is 7.62. The third-order valence-electron chi connectivity index (χ3n) is 3.14. The Morgan fingerprint density at radius 2 is 2.00 bits per heavy atom. The van der Waals surface area contributed by atoms with Crippen molar-refractivity contribution >= 4 is 15.9 Å². The first kappa shape index (κ1) is 16.7. The van der Waals surface area contributed by atoms with Crippen molar-refractivity contribution in [2.24, 2.45) is 12.5 Å². The molecule has 0 aliphatic heterocycles. The predicted octanol–water partition coefficient (Wildman–Crippen LogP) is 2.42. The molecule has 0 saturated carbocycles. The number of aryl methyl sites for hydroxylation is 2. The Morgan fingerprint density at radius 3 is 2.47 bits per heavy atom. The van der Waals surface area contributed by atoms with Gasteiger partial charge in [-0.25, -0.2) is 0 Å². The van der Waals surface area contributed by atoms with Crippen molar-refractivity contribution in [3.8, 4) is 0 Å². The van der Waals surface area contributed by atoms with E-state index in [0.29, 0.717) is 0 Å². The fourth-order valence-electron chi connectivity index (χ4n) is 2.44. The van der Waals surface area contributed by atoms with Gasteiger partial charge in [0.2, 0.25) is 0 Å². The van der Waals surface area contributed by atoms with Crippen LogP contribution in [-0.4, -0.2) is 41.9 Å². The van der Waals surface area contributed by atoms with E-state index in [1.807, 2.05) is 11.7 Å². The van der Waals surface area contributed by atoms with Crippen LogP contribution in [0.4, 0.5) is 0 Å². The van der Waals surface area contributed by atoms with Crippen LogP contribution in [0.25, 0.3) is 0 Å². The highest BCUT2D eigenvalue weighted by Crippen LogP contribution is 2.22. The van der Waals surface area contributed by atoms with Gasteiger partial charge in [0.25, 0.3) is 0 Å². The van der Waals surface area contributed by atoms with Gasteiger partial charge in [0.1, 0.15) is 0 Å². The monoisotopic (exact) mass is 330 g/mol. The van der Waals surface area contributed by atoms with Crippen LogP contribution < -0.4 is 5.32 Å². The predicted molar refractivity (Wildman–Crippen MR) is 84.3 cm³/mol. The molecule has 5 heteroatoms. The summed E-state index contributed by atoms with van der Waals surface area (Å²) < 4.78 is 3.12. The smallest absolute Gasteiger partial charge is 0.0767 e. The first-order valence-electron chi connectivity index (χ1n) is 6.82. The van der Waals surface area contributed by atoms with Gasteiger partial charge in [0, 0.05) is 26.7 Å². The van der Waals surface area contributed by atoms with Crippen LogP contribution in [0.2, 0.25) is 0 Å². The molecule has 19 heavy (non-hydrogen) atoms. The van der Waals surface area contributed by atoms with Crippen molar-refractivity contribution in [3.05, 3.63) is 15.9 Å². The standard InChI is InChI=1S/C14H27BrN4/c1-7-11-13(15)12(19(6)17-11)8-16-9-14(2,3)10-18(4)5/h16H,7-10H2,1-6H3. The van der Waals surface area contributed by atoms with E-state index in [1.165, 1.54) is 5.69 Å². The van der Waals surface area contributed by atoms with Crippen molar-refractivity contribution in [1.29, 1.82) is 0 Å². The maximum Gasteiger partial charge on any atom is 0.0767 e. The Kier molecular flexibility index (Phi) is 6.02. The second kappa shape index (κ2) is 6.86. The van der Waals surface area contributed by atoms with E-state index < -0.39 is 0 Å². The molecule has 1 rings (SSSR count). The highest BCUT2D eigenvalue weighted by molar-refractivity contribution is 9.10. The summed E-state index contributed by atoms with van der Waals surface area (Å²) in [5.74, 6) is 0. The zero-order chi connectivity index (χ0) is 14.6. The molecule has 110 valence electrons. The summed E-state index contributed by atoms with van der Waals surface area (Å²) in [6, 6.07) is 0. The third-order valence-corrected chi connectivity index (χ3v) is 4.06. The van der Waals surface area contributed by atoms with Gasteiger partial charge in [-0.2, -0.15) is 5.10 Å². The summed E-state index contributed by atoms with van der Waals surface area (Å²) in [6.45, 7) is 9.62. The number of halogens is 1. The Hall–Kier alpha value is -0.390. The molecule has 0 unspecified atom stereocenters. The van der Waals surface area contributed by atoms with Crippen LogP contribution in [0.15, 0.2) is 4.47 Å². The van der Waals surface area contributed by atoms with Gasteiger partial charge in [0.15, 0.2) is 0 Å². The maximum absolute atomic E-state index is 4.51. The van der Waals surface area contributed by atoms with E-state index in [2.05, 4.69) is 66.1 Å². The van der Waals surface area contributed by atoms with Gasteiger partial charge in [0.05, 0.1) is 15.9 Å². The second-order valence-corrected chi connectivity index (χ2v) is 6.98. The molecule has 0 amide bonds. The first-order chi connectivity index (χ1) is 8.76. The lowest BCUT2D eigenvalue weighted by Crippen LogP contribution is -2.37. The van der Waals surface area contributed by atoms with E-state index >= 15 is 0 Å². The Bertz CT molecular complexity index is 410. The summed E-state index contributed by atoms with van der Waals surface area (Å²) in [7, 11) is 6.24. The van der Waals surface area contributed by atoms with Gasteiger partial charge in [-0.05, 0) is 41.9 Å². The van der Waals surface area contributed by atoms with Crippen molar-refractivity contribution in [3.63, 3.8) is 0 Å². The van der Waals surface area contributed by atoms with E-state index in [9.17, 15) is 0 Å². The molecule has 0 spiro atoms. The third kappa shape index (κ3) is 4.89. The van der Waals surface area contributed by atoms with E-state index in [1.54, 1.807) is 0 Å². The average Bonchev–Trinajstić information content (AvgIpc) is 2.54. The van der Waals surface area contributed by atoms with Crippen molar-refractivity contribution in [2.45, 2.75) is 33.7 Å². The summed E-state index contributed by atoms with van der Waals surface area (Å²) in [6.07, 6.45) is 0.959. The normalized spacial score (nSPS) is 12.4. The van der Waals surface area contributed by atoms with Crippen LogP contribution in [0.1, 0.15) is 32.2 Å². The number of hydrogen-bond acceptors (Lipinski definition) is 3. The minimum absolute atomic E-state index is 0.266. The quantitative estimate of drug-likeness (QED) is 0.833. The molecule has 1 aromatic rings. The lowest BCUT2D eigenvalue weighted by Gasteiger charge is -2.28. The average molecular weight is 331 g/mol. The molecule has 1 N–H and O–H groups in total. The molecule has 1 heterocycles. The van der Waals surface area contributed by atoms with Crippen LogP contribution in [0, 0.1) is 5.41 Å². The fraction of sp³-hybridized carbons (Fsp3) is 0.786. The van der Waals surface area contributed by atoms with Crippen LogP contribution >= 0.6 is 15.9 Å². The van der Waals surface area contributed by atoms with Gasteiger partial charge in [-0.15, -0.1) is 0 Å².